The highest BCUT2D eigenvalue weighted by atomic mass is 15.1. The van der Waals surface area contributed by atoms with Gasteiger partial charge in [0.2, 0.25) is 0 Å². The number of para-hydroxylation sites is 1. The Hall–Kier alpha value is -1.50. The molecule has 1 N–H and O–H groups in total. The molecule has 2 unspecified atom stereocenters. The second kappa shape index (κ2) is 2.84. The maximum Gasteiger partial charge on any atom is 0.0727 e. The van der Waals surface area contributed by atoms with Crippen molar-refractivity contribution < 1.29 is 0 Å². The standard InChI is InChI=1S/C16H17N/c1-15-11-16(15,12-7-3-2-4-8-12)17-14-10-6-5-9-13(14)15/h3,5-10,17H,2,4,11H2,1H3. The Balaban J connectivity index is 1.82. The number of hydrogen-bond donors (Lipinski definition) is 1. The van der Waals surface area contributed by atoms with Crippen LogP contribution >= 0.6 is 0 Å². The highest BCUT2D eigenvalue weighted by molar-refractivity contribution is 5.75. The molecule has 2 atom stereocenters. The lowest BCUT2D eigenvalue weighted by Gasteiger charge is -2.20. The van der Waals surface area contributed by atoms with Gasteiger partial charge in [0.05, 0.1) is 5.54 Å². The Morgan fingerprint density at radius 2 is 2.06 bits per heavy atom. The van der Waals surface area contributed by atoms with Gasteiger partial charge in [-0.15, -0.1) is 0 Å². The van der Waals surface area contributed by atoms with Crippen LogP contribution in [0.3, 0.4) is 0 Å². The Bertz CT molecular complexity index is 554. The van der Waals surface area contributed by atoms with E-state index < -0.39 is 0 Å². The van der Waals surface area contributed by atoms with Gasteiger partial charge in [-0.2, -0.15) is 0 Å². The number of allylic oxidation sites excluding steroid dienone is 2. The topological polar surface area (TPSA) is 12.0 Å². The molecule has 2 aliphatic carbocycles. The van der Waals surface area contributed by atoms with E-state index in [1.807, 2.05) is 0 Å². The van der Waals surface area contributed by atoms with Crippen LogP contribution in [-0.2, 0) is 5.41 Å². The summed E-state index contributed by atoms with van der Waals surface area (Å²) in [5.41, 5.74) is 4.86. The summed E-state index contributed by atoms with van der Waals surface area (Å²) in [7, 11) is 0. The highest BCUT2D eigenvalue weighted by Crippen LogP contribution is 2.68. The van der Waals surface area contributed by atoms with E-state index in [0.29, 0.717) is 5.41 Å². The van der Waals surface area contributed by atoms with Crippen molar-refractivity contribution in [2.75, 3.05) is 5.32 Å². The summed E-state index contributed by atoms with van der Waals surface area (Å²) in [4.78, 5) is 0. The highest BCUT2D eigenvalue weighted by Gasteiger charge is 2.70. The third kappa shape index (κ3) is 1.00. The molecule has 1 aromatic rings. The predicted octanol–water partition coefficient (Wildman–Crippen LogP) is 3.79. The third-order valence-corrected chi connectivity index (χ3v) is 4.79. The summed E-state index contributed by atoms with van der Waals surface area (Å²) >= 11 is 0. The van der Waals surface area contributed by atoms with E-state index in [1.165, 1.54) is 36.1 Å². The van der Waals surface area contributed by atoms with Gasteiger partial charge in [-0.1, -0.05) is 43.4 Å². The quantitative estimate of drug-likeness (QED) is 0.763. The van der Waals surface area contributed by atoms with Gasteiger partial charge in [0, 0.05) is 11.1 Å². The maximum atomic E-state index is 3.78. The molecular weight excluding hydrogens is 206 g/mol. The van der Waals surface area contributed by atoms with Gasteiger partial charge in [-0.05, 0) is 36.5 Å². The first-order valence-electron chi connectivity index (χ1n) is 6.51. The number of hydrogen-bond acceptors (Lipinski definition) is 1. The fraction of sp³-hybridized carbons (Fsp3) is 0.375. The fourth-order valence-electron chi connectivity index (χ4n) is 3.72. The zero-order valence-electron chi connectivity index (χ0n) is 10.2. The van der Waals surface area contributed by atoms with Crippen molar-refractivity contribution in [1.82, 2.24) is 0 Å². The molecule has 0 aromatic heterocycles. The minimum atomic E-state index is 0.202. The van der Waals surface area contributed by atoms with Gasteiger partial charge in [0.1, 0.15) is 0 Å². The van der Waals surface area contributed by atoms with Crippen molar-refractivity contribution in [3.63, 3.8) is 0 Å². The minimum absolute atomic E-state index is 0.202. The molecule has 0 spiro atoms. The van der Waals surface area contributed by atoms with Crippen LogP contribution in [0.25, 0.3) is 0 Å². The van der Waals surface area contributed by atoms with E-state index in [-0.39, 0.29) is 5.54 Å². The number of anilines is 1. The Morgan fingerprint density at radius 1 is 1.18 bits per heavy atom. The molecule has 1 saturated carbocycles. The molecule has 86 valence electrons. The van der Waals surface area contributed by atoms with Crippen LogP contribution < -0.4 is 5.32 Å². The number of benzene rings is 1. The molecule has 4 rings (SSSR count). The molecular formula is C16H17N. The predicted molar refractivity (Wildman–Crippen MR) is 71.2 cm³/mol. The summed E-state index contributed by atoms with van der Waals surface area (Å²) in [6.07, 6.45) is 10.7. The molecule has 17 heavy (non-hydrogen) atoms. The van der Waals surface area contributed by atoms with Crippen LogP contribution in [0.5, 0.6) is 0 Å². The smallest absolute Gasteiger partial charge is 0.0727 e. The van der Waals surface area contributed by atoms with E-state index >= 15 is 0 Å². The number of fused-ring (bicyclic) bond motifs is 3. The fourth-order valence-corrected chi connectivity index (χ4v) is 3.72. The summed E-state index contributed by atoms with van der Waals surface area (Å²) < 4.78 is 0. The van der Waals surface area contributed by atoms with Crippen LogP contribution in [0.1, 0.15) is 31.7 Å². The Morgan fingerprint density at radius 3 is 2.82 bits per heavy atom. The zero-order chi connectivity index (χ0) is 11.5. The maximum absolute atomic E-state index is 3.78. The summed E-state index contributed by atoms with van der Waals surface area (Å²) in [5.74, 6) is 0. The molecule has 1 fully saturated rings. The SMILES string of the molecule is CC12CC1(C1=CCCC=C1)Nc1ccccc12. The molecule has 0 amide bonds. The van der Waals surface area contributed by atoms with E-state index in [1.54, 1.807) is 0 Å². The lowest BCUT2D eigenvalue weighted by atomic mass is 9.89. The van der Waals surface area contributed by atoms with Crippen molar-refractivity contribution in [3.05, 3.63) is 53.6 Å². The average Bonchev–Trinajstić information content (AvgIpc) is 2.91. The molecule has 1 nitrogen and oxygen atoms in total. The van der Waals surface area contributed by atoms with Gasteiger partial charge in [0.15, 0.2) is 0 Å². The van der Waals surface area contributed by atoms with E-state index in [0.717, 1.165) is 0 Å². The van der Waals surface area contributed by atoms with Crippen LogP contribution in [0.4, 0.5) is 5.69 Å². The number of nitrogens with one attached hydrogen (secondary N) is 1. The largest absolute Gasteiger partial charge is 0.374 e. The summed E-state index contributed by atoms with van der Waals surface area (Å²) in [6, 6.07) is 8.77. The van der Waals surface area contributed by atoms with Gasteiger partial charge >= 0.3 is 0 Å². The van der Waals surface area contributed by atoms with Gasteiger partial charge in [-0.25, -0.2) is 0 Å². The second-order valence-electron chi connectivity index (χ2n) is 5.72. The molecule has 0 radical (unpaired) electrons. The van der Waals surface area contributed by atoms with Crippen molar-refractivity contribution in [2.24, 2.45) is 0 Å². The first-order chi connectivity index (χ1) is 8.26. The second-order valence-corrected chi connectivity index (χ2v) is 5.72. The molecule has 1 aromatic carbocycles. The molecule has 3 aliphatic rings. The van der Waals surface area contributed by atoms with Crippen LogP contribution in [0, 0.1) is 0 Å². The number of rotatable bonds is 1. The van der Waals surface area contributed by atoms with Gasteiger partial charge < -0.3 is 5.32 Å². The van der Waals surface area contributed by atoms with Crippen LogP contribution in [0.15, 0.2) is 48.1 Å². The average molecular weight is 223 g/mol. The first-order valence-corrected chi connectivity index (χ1v) is 6.51. The molecule has 1 heteroatoms. The van der Waals surface area contributed by atoms with E-state index in [4.69, 9.17) is 0 Å². The minimum Gasteiger partial charge on any atom is -0.374 e. The Kier molecular flexibility index (Phi) is 1.59. The zero-order valence-corrected chi connectivity index (χ0v) is 10.2. The summed E-state index contributed by atoms with van der Waals surface area (Å²) in [6.45, 7) is 2.40. The molecule has 1 heterocycles. The van der Waals surface area contributed by atoms with Crippen LogP contribution in [-0.4, -0.2) is 5.54 Å². The first kappa shape index (κ1) is 9.52. The molecule has 0 bridgehead atoms. The lowest BCUT2D eigenvalue weighted by molar-refractivity contribution is 0.710. The third-order valence-electron chi connectivity index (χ3n) is 4.79. The van der Waals surface area contributed by atoms with Crippen molar-refractivity contribution in [3.8, 4) is 0 Å². The monoisotopic (exact) mass is 223 g/mol. The van der Waals surface area contributed by atoms with Crippen molar-refractivity contribution in [1.29, 1.82) is 0 Å². The molecule has 0 saturated heterocycles. The van der Waals surface area contributed by atoms with E-state index in [2.05, 4.69) is 54.7 Å². The Labute approximate surface area is 102 Å². The molecule has 1 aliphatic heterocycles. The normalized spacial score (nSPS) is 36.9. The van der Waals surface area contributed by atoms with Crippen molar-refractivity contribution in [2.45, 2.75) is 37.1 Å². The summed E-state index contributed by atoms with van der Waals surface area (Å²) in [5, 5.41) is 3.78. The van der Waals surface area contributed by atoms with Gasteiger partial charge in [0.25, 0.3) is 0 Å². The van der Waals surface area contributed by atoms with Crippen molar-refractivity contribution >= 4 is 5.69 Å². The van der Waals surface area contributed by atoms with Gasteiger partial charge in [-0.3, -0.25) is 0 Å². The van der Waals surface area contributed by atoms with E-state index in [9.17, 15) is 0 Å². The van der Waals surface area contributed by atoms with Crippen LogP contribution in [0.2, 0.25) is 0 Å². The lowest BCUT2D eigenvalue weighted by Crippen LogP contribution is -2.26.